The van der Waals surface area contributed by atoms with Crippen LogP contribution in [0.4, 0.5) is 0 Å². The number of nitrogens with zero attached hydrogens (tertiary/aromatic N) is 2. The summed E-state index contributed by atoms with van der Waals surface area (Å²) in [7, 11) is 3.43. The van der Waals surface area contributed by atoms with E-state index in [9.17, 15) is 4.79 Å². The van der Waals surface area contributed by atoms with Crippen molar-refractivity contribution in [3.8, 4) is 5.75 Å². The summed E-state index contributed by atoms with van der Waals surface area (Å²) in [4.78, 5) is 17.5. The molecule has 1 aromatic carbocycles. The van der Waals surface area contributed by atoms with Gasteiger partial charge in [-0.05, 0) is 11.6 Å². The van der Waals surface area contributed by atoms with Gasteiger partial charge < -0.3 is 20.3 Å². The van der Waals surface area contributed by atoms with E-state index >= 15 is 0 Å². The lowest BCUT2D eigenvalue weighted by Crippen LogP contribution is -2.43. The number of carbonyl (C=O) groups excluding carboxylic acids is 1. The van der Waals surface area contributed by atoms with Crippen molar-refractivity contribution in [1.82, 2.24) is 15.5 Å². The molecule has 0 saturated heterocycles. The second-order valence-corrected chi connectivity index (χ2v) is 5.56. The maximum Gasteiger partial charge on any atom is 0.243 e. The minimum Gasteiger partial charge on any atom is -0.488 e. The number of ether oxygens (including phenoxy) is 1. The molecule has 1 unspecified atom stereocenters. The van der Waals surface area contributed by atoms with Crippen molar-refractivity contribution in [2.45, 2.75) is 12.5 Å². The van der Waals surface area contributed by atoms with Crippen LogP contribution in [-0.2, 0) is 11.2 Å². The van der Waals surface area contributed by atoms with Gasteiger partial charge in [0.05, 0.1) is 6.54 Å². The van der Waals surface area contributed by atoms with Crippen LogP contribution in [0.25, 0.3) is 0 Å². The summed E-state index contributed by atoms with van der Waals surface area (Å²) in [6, 6.07) is 8.05. The third-order valence-electron chi connectivity index (χ3n) is 3.50. The van der Waals surface area contributed by atoms with Crippen LogP contribution >= 0.6 is 0 Å². The van der Waals surface area contributed by atoms with Crippen LogP contribution in [-0.4, -0.2) is 56.6 Å². The van der Waals surface area contributed by atoms with E-state index in [1.54, 1.807) is 20.2 Å². The van der Waals surface area contributed by atoms with Crippen LogP contribution in [0.15, 0.2) is 41.9 Å². The van der Waals surface area contributed by atoms with E-state index in [0.717, 1.165) is 12.2 Å². The van der Waals surface area contributed by atoms with Crippen LogP contribution in [0.5, 0.6) is 5.75 Å². The number of likely N-dealkylation sites (N-methyl/N-ethyl adjacent to an activating group) is 1. The Morgan fingerprint density at radius 3 is 2.91 bits per heavy atom. The Hall–Kier alpha value is -2.50. The number of para-hydroxylation sites is 1. The highest BCUT2D eigenvalue weighted by Crippen LogP contribution is 2.27. The first-order valence-electron chi connectivity index (χ1n) is 7.68. The molecule has 0 bridgehead atoms. The number of aliphatic imine (C=N–C) groups is 1. The lowest BCUT2D eigenvalue weighted by Gasteiger charge is -2.16. The largest absolute Gasteiger partial charge is 0.488 e. The second kappa shape index (κ2) is 8.22. The number of guanidine groups is 1. The van der Waals surface area contributed by atoms with Crippen molar-refractivity contribution in [2.24, 2.45) is 4.99 Å². The number of nitrogens with one attached hydrogen (secondary N) is 2. The van der Waals surface area contributed by atoms with Gasteiger partial charge in [0.1, 0.15) is 18.4 Å². The van der Waals surface area contributed by atoms with Gasteiger partial charge in [-0.1, -0.05) is 24.3 Å². The van der Waals surface area contributed by atoms with E-state index in [1.165, 1.54) is 10.5 Å². The van der Waals surface area contributed by atoms with Crippen molar-refractivity contribution < 1.29 is 9.53 Å². The third kappa shape index (κ3) is 5.02. The Bertz CT molecular complexity index is 559. The lowest BCUT2D eigenvalue weighted by atomic mass is 10.1. The van der Waals surface area contributed by atoms with Gasteiger partial charge in [0.15, 0.2) is 5.96 Å². The normalized spacial score (nSPS) is 16.3. The number of benzene rings is 1. The van der Waals surface area contributed by atoms with Gasteiger partial charge in [0, 0.05) is 27.1 Å². The van der Waals surface area contributed by atoms with Crippen molar-refractivity contribution in [1.29, 1.82) is 0 Å². The summed E-state index contributed by atoms with van der Waals surface area (Å²) in [5, 5.41) is 6.32. The molecule has 1 amide bonds. The summed E-state index contributed by atoms with van der Waals surface area (Å²) < 4.78 is 5.89. The van der Waals surface area contributed by atoms with E-state index in [4.69, 9.17) is 4.74 Å². The molecule has 1 heterocycles. The highest BCUT2D eigenvalue weighted by atomic mass is 16.5. The van der Waals surface area contributed by atoms with Crippen LogP contribution in [0.2, 0.25) is 0 Å². The molecular weight excluding hydrogens is 292 g/mol. The zero-order valence-corrected chi connectivity index (χ0v) is 13.7. The van der Waals surface area contributed by atoms with Crippen molar-refractivity contribution in [2.75, 3.05) is 33.7 Å². The molecular formula is C17H24N4O2. The van der Waals surface area contributed by atoms with E-state index in [2.05, 4.69) is 28.3 Å². The van der Waals surface area contributed by atoms with Crippen LogP contribution < -0.4 is 15.4 Å². The first kappa shape index (κ1) is 16.9. The molecule has 1 aromatic rings. The molecule has 6 heteroatoms. The van der Waals surface area contributed by atoms with Crippen LogP contribution in [0.3, 0.4) is 0 Å². The Morgan fingerprint density at radius 2 is 2.22 bits per heavy atom. The van der Waals surface area contributed by atoms with Crippen LogP contribution in [0, 0.1) is 0 Å². The molecule has 6 nitrogen and oxygen atoms in total. The Morgan fingerprint density at radius 1 is 1.43 bits per heavy atom. The highest BCUT2D eigenvalue weighted by Gasteiger charge is 2.22. The molecule has 1 aliphatic rings. The molecule has 124 valence electrons. The molecule has 0 radical (unpaired) electrons. The molecule has 2 N–H and O–H groups in total. The quantitative estimate of drug-likeness (QED) is 0.463. The van der Waals surface area contributed by atoms with Gasteiger partial charge in [-0.25, -0.2) is 4.99 Å². The van der Waals surface area contributed by atoms with Gasteiger partial charge in [0.25, 0.3) is 0 Å². The lowest BCUT2D eigenvalue weighted by molar-refractivity contribution is -0.127. The van der Waals surface area contributed by atoms with Gasteiger partial charge in [-0.15, -0.1) is 6.58 Å². The predicted octanol–water partition coefficient (Wildman–Crippen LogP) is 0.800. The van der Waals surface area contributed by atoms with Gasteiger partial charge in [0.2, 0.25) is 5.91 Å². The summed E-state index contributed by atoms with van der Waals surface area (Å²) in [5.74, 6) is 1.48. The molecule has 0 aliphatic carbocycles. The molecule has 1 atom stereocenters. The van der Waals surface area contributed by atoms with E-state index in [0.29, 0.717) is 19.0 Å². The number of hydrogen-bond acceptors (Lipinski definition) is 3. The van der Waals surface area contributed by atoms with E-state index in [1.807, 2.05) is 18.2 Å². The Balaban J connectivity index is 1.87. The minimum absolute atomic E-state index is 0.0470. The number of carbonyl (C=O) groups is 1. The number of rotatable bonds is 6. The van der Waals surface area contributed by atoms with Gasteiger partial charge in [-0.2, -0.15) is 0 Å². The zero-order chi connectivity index (χ0) is 16.7. The average molecular weight is 316 g/mol. The minimum atomic E-state index is -0.0470. The summed E-state index contributed by atoms with van der Waals surface area (Å²) in [5.41, 5.74) is 1.22. The topological polar surface area (TPSA) is 66.0 Å². The molecule has 2 rings (SSSR count). The molecule has 1 aliphatic heterocycles. The highest BCUT2D eigenvalue weighted by molar-refractivity contribution is 5.84. The third-order valence-corrected chi connectivity index (χ3v) is 3.50. The summed E-state index contributed by atoms with van der Waals surface area (Å²) >= 11 is 0. The molecule has 0 aromatic heterocycles. The standard InChI is InChI=1S/C17H24N4O2/c1-4-9-18-17(20-12-16(22)21(2)3)19-11-14-10-13-7-5-6-8-15(13)23-14/h4-8,14H,1,9-12H2,2-3H3,(H2,18,19,20). The summed E-state index contributed by atoms with van der Waals surface area (Å²) in [6.45, 7) is 4.97. The first-order valence-corrected chi connectivity index (χ1v) is 7.68. The summed E-state index contributed by atoms with van der Waals surface area (Å²) in [6.07, 6.45) is 2.68. The van der Waals surface area contributed by atoms with Crippen molar-refractivity contribution in [3.05, 3.63) is 42.5 Å². The first-order chi connectivity index (χ1) is 11.1. The zero-order valence-electron chi connectivity index (χ0n) is 13.7. The molecule has 0 saturated carbocycles. The smallest absolute Gasteiger partial charge is 0.243 e. The maximum absolute atomic E-state index is 11.6. The average Bonchev–Trinajstić information content (AvgIpc) is 2.96. The van der Waals surface area contributed by atoms with Crippen LogP contribution in [0.1, 0.15) is 5.56 Å². The maximum atomic E-state index is 11.6. The number of fused-ring (bicyclic) bond motifs is 1. The van der Waals surface area contributed by atoms with E-state index in [-0.39, 0.29) is 18.6 Å². The van der Waals surface area contributed by atoms with E-state index < -0.39 is 0 Å². The SMILES string of the molecule is C=CCNC(=NCC(=O)N(C)C)NCC1Cc2ccccc2O1. The van der Waals surface area contributed by atoms with Crippen molar-refractivity contribution >= 4 is 11.9 Å². The Labute approximate surface area is 137 Å². The monoisotopic (exact) mass is 316 g/mol. The van der Waals surface area contributed by atoms with Gasteiger partial charge in [-0.3, -0.25) is 4.79 Å². The molecule has 0 fully saturated rings. The predicted molar refractivity (Wildman–Crippen MR) is 91.8 cm³/mol. The Kier molecular flexibility index (Phi) is 6.02. The fourth-order valence-corrected chi connectivity index (χ4v) is 2.21. The second-order valence-electron chi connectivity index (χ2n) is 5.56. The van der Waals surface area contributed by atoms with Gasteiger partial charge >= 0.3 is 0 Å². The number of amides is 1. The molecule has 0 spiro atoms. The number of hydrogen-bond donors (Lipinski definition) is 2. The molecule has 23 heavy (non-hydrogen) atoms. The fraction of sp³-hybridized carbons (Fsp3) is 0.412. The van der Waals surface area contributed by atoms with Crippen molar-refractivity contribution in [3.63, 3.8) is 0 Å². The fourth-order valence-electron chi connectivity index (χ4n) is 2.21.